The minimum absolute atomic E-state index is 0.0201. The maximum Gasteiger partial charge on any atom is 0.303 e. The van der Waals surface area contributed by atoms with Crippen LogP contribution in [-0.4, -0.2) is 41.6 Å². The van der Waals surface area contributed by atoms with E-state index in [1.54, 1.807) is 43.2 Å². The maximum absolute atomic E-state index is 12.9. The standard InChI is InChI=1S/C21H25NO5/c1-16(27-19-12-10-18(26-2)11-13-19)21(25)22(14-6-9-20(23)24)15-17-7-4-3-5-8-17/h3-5,7-8,10-13,16H,6,9,14-15H2,1-2H3,(H,23,24). The Morgan fingerprint density at radius 1 is 1.04 bits per heavy atom. The van der Waals surface area contributed by atoms with E-state index in [0.29, 0.717) is 31.0 Å². The molecule has 1 unspecified atom stereocenters. The third-order valence-corrected chi connectivity index (χ3v) is 4.07. The number of amides is 1. The fraction of sp³-hybridized carbons (Fsp3) is 0.333. The first-order chi connectivity index (χ1) is 13.0. The largest absolute Gasteiger partial charge is 0.497 e. The van der Waals surface area contributed by atoms with Crippen molar-refractivity contribution in [3.8, 4) is 11.5 Å². The highest BCUT2D eigenvalue weighted by molar-refractivity contribution is 5.81. The van der Waals surface area contributed by atoms with Crippen molar-refractivity contribution in [2.75, 3.05) is 13.7 Å². The summed E-state index contributed by atoms with van der Waals surface area (Å²) in [5, 5.41) is 8.86. The predicted molar refractivity (Wildman–Crippen MR) is 102 cm³/mol. The second-order valence-corrected chi connectivity index (χ2v) is 6.18. The quantitative estimate of drug-likeness (QED) is 0.693. The van der Waals surface area contributed by atoms with Gasteiger partial charge in [-0.1, -0.05) is 30.3 Å². The van der Waals surface area contributed by atoms with Gasteiger partial charge in [-0.05, 0) is 43.2 Å². The molecule has 2 aromatic rings. The van der Waals surface area contributed by atoms with Gasteiger partial charge in [-0.15, -0.1) is 0 Å². The molecular weight excluding hydrogens is 346 g/mol. The van der Waals surface area contributed by atoms with Gasteiger partial charge in [0.15, 0.2) is 6.10 Å². The highest BCUT2D eigenvalue weighted by Crippen LogP contribution is 2.19. The Bertz CT molecular complexity index is 730. The van der Waals surface area contributed by atoms with Gasteiger partial charge >= 0.3 is 5.97 Å². The average Bonchev–Trinajstić information content (AvgIpc) is 2.67. The molecule has 1 atom stereocenters. The summed E-state index contributed by atoms with van der Waals surface area (Å²) < 4.78 is 10.9. The van der Waals surface area contributed by atoms with E-state index in [9.17, 15) is 9.59 Å². The van der Waals surface area contributed by atoms with E-state index in [0.717, 1.165) is 5.56 Å². The molecule has 0 saturated carbocycles. The molecular formula is C21H25NO5. The first-order valence-corrected chi connectivity index (χ1v) is 8.85. The number of methoxy groups -OCH3 is 1. The van der Waals surface area contributed by atoms with Crippen molar-refractivity contribution in [2.24, 2.45) is 0 Å². The fourth-order valence-corrected chi connectivity index (χ4v) is 2.66. The Labute approximate surface area is 159 Å². The van der Waals surface area contributed by atoms with Crippen LogP contribution >= 0.6 is 0 Å². The van der Waals surface area contributed by atoms with Crippen LogP contribution in [0.2, 0.25) is 0 Å². The number of benzene rings is 2. The molecule has 0 aromatic heterocycles. The smallest absolute Gasteiger partial charge is 0.303 e. The van der Waals surface area contributed by atoms with Crippen molar-refractivity contribution in [3.63, 3.8) is 0 Å². The van der Waals surface area contributed by atoms with Crippen LogP contribution in [0.4, 0.5) is 0 Å². The second kappa shape index (κ2) is 10.2. The van der Waals surface area contributed by atoms with Gasteiger partial charge < -0.3 is 19.5 Å². The van der Waals surface area contributed by atoms with Crippen LogP contribution in [0, 0.1) is 0 Å². The number of carbonyl (C=O) groups excluding carboxylic acids is 1. The van der Waals surface area contributed by atoms with Gasteiger partial charge in [0.2, 0.25) is 0 Å². The molecule has 0 aliphatic rings. The Kier molecular flexibility index (Phi) is 7.67. The lowest BCUT2D eigenvalue weighted by Gasteiger charge is -2.26. The van der Waals surface area contributed by atoms with E-state index in [1.807, 2.05) is 30.3 Å². The van der Waals surface area contributed by atoms with Gasteiger partial charge in [0.25, 0.3) is 5.91 Å². The van der Waals surface area contributed by atoms with Crippen LogP contribution in [0.1, 0.15) is 25.3 Å². The van der Waals surface area contributed by atoms with Crippen molar-refractivity contribution in [2.45, 2.75) is 32.4 Å². The molecule has 2 aromatic carbocycles. The molecule has 0 bridgehead atoms. The van der Waals surface area contributed by atoms with E-state index in [4.69, 9.17) is 14.6 Å². The number of carboxylic acids is 1. The van der Waals surface area contributed by atoms with E-state index >= 15 is 0 Å². The van der Waals surface area contributed by atoms with Gasteiger partial charge in [-0.2, -0.15) is 0 Å². The van der Waals surface area contributed by atoms with Crippen LogP contribution in [0.25, 0.3) is 0 Å². The molecule has 144 valence electrons. The Balaban J connectivity index is 2.04. The molecule has 0 aliphatic heterocycles. The number of carboxylic acid groups (broad SMARTS) is 1. The maximum atomic E-state index is 12.9. The zero-order valence-electron chi connectivity index (χ0n) is 15.6. The fourth-order valence-electron chi connectivity index (χ4n) is 2.66. The van der Waals surface area contributed by atoms with Gasteiger partial charge in [0.1, 0.15) is 11.5 Å². The number of rotatable bonds is 10. The minimum Gasteiger partial charge on any atom is -0.497 e. The summed E-state index contributed by atoms with van der Waals surface area (Å²) in [6.07, 6.45) is -0.276. The van der Waals surface area contributed by atoms with Crippen molar-refractivity contribution < 1.29 is 24.2 Å². The van der Waals surface area contributed by atoms with Crippen LogP contribution in [0.3, 0.4) is 0 Å². The van der Waals surface area contributed by atoms with E-state index < -0.39 is 12.1 Å². The number of nitrogens with zero attached hydrogens (tertiary/aromatic N) is 1. The van der Waals surface area contributed by atoms with Gasteiger partial charge in [0.05, 0.1) is 7.11 Å². The zero-order valence-corrected chi connectivity index (χ0v) is 15.6. The third-order valence-electron chi connectivity index (χ3n) is 4.07. The first kappa shape index (κ1) is 20.3. The molecule has 0 radical (unpaired) electrons. The zero-order chi connectivity index (χ0) is 19.6. The summed E-state index contributed by atoms with van der Waals surface area (Å²) in [5.74, 6) is 0.229. The Hall–Kier alpha value is -3.02. The van der Waals surface area contributed by atoms with Crippen molar-refractivity contribution >= 4 is 11.9 Å². The van der Waals surface area contributed by atoms with Crippen LogP contribution in [0.5, 0.6) is 11.5 Å². The third kappa shape index (κ3) is 6.66. The number of hydrogen-bond donors (Lipinski definition) is 1. The Morgan fingerprint density at radius 2 is 1.67 bits per heavy atom. The molecule has 6 heteroatoms. The van der Waals surface area contributed by atoms with Gasteiger partial charge in [-0.3, -0.25) is 9.59 Å². The summed E-state index contributed by atoms with van der Waals surface area (Å²) in [4.78, 5) is 25.3. The first-order valence-electron chi connectivity index (χ1n) is 8.85. The lowest BCUT2D eigenvalue weighted by Crippen LogP contribution is -2.40. The minimum atomic E-state index is -0.871. The summed E-state index contributed by atoms with van der Waals surface area (Å²) in [5.41, 5.74) is 0.984. The average molecular weight is 371 g/mol. The number of aliphatic carboxylic acids is 1. The second-order valence-electron chi connectivity index (χ2n) is 6.18. The van der Waals surface area contributed by atoms with Crippen molar-refractivity contribution in [3.05, 3.63) is 60.2 Å². The molecule has 0 heterocycles. The number of ether oxygens (including phenoxy) is 2. The molecule has 0 fully saturated rings. The molecule has 0 aliphatic carbocycles. The molecule has 0 saturated heterocycles. The number of carbonyl (C=O) groups is 2. The van der Waals surface area contributed by atoms with E-state index in [1.165, 1.54) is 0 Å². The molecule has 2 rings (SSSR count). The molecule has 0 spiro atoms. The molecule has 27 heavy (non-hydrogen) atoms. The number of hydrogen-bond acceptors (Lipinski definition) is 4. The summed E-state index contributed by atoms with van der Waals surface area (Å²) in [7, 11) is 1.58. The van der Waals surface area contributed by atoms with Crippen LogP contribution in [-0.2, 0) is 16.1 Å². The summed E-state index contributed by atoms with van der Waals surface area (Å²) in [6.45, 7) is 2.47. The lowest BCUT2D eigenvalue weighted by atomic mass is 10.2. The van der Waals surface area contributed by atoms with Crippen molar-refractivity contribution in [1.82, 2.24) is 4.90 Å². The van der Waals surface area contributed by atoms with Crippen molar-refractivity contribution in [1.29, 1.82) is 0 Å². The summed E-state index contributed by atoms with van der Waals surface area (Å²) >= 11 is 0. The highest BCUT2D eigenvalue weighted by atomic mass is 16.5. The molecule has 1 N–H and O–H groups in total. The van der Waals surface area contributed by atoms with Gasteiger partial charge in [-0.25, -0.2) is 0 Å². The summed E-state index contributed by atoms with van der Waals surface area (Å²) in [6, 6.07) is 16.6. The van der Waals surface area contributed by atoms with Crippen LogP contribution < -0.4 is 9.47 Å². The van der Waals surface area contributed by atoms with E-state index in [2.05, 4.69) is 0 Å². The lowest BCUT2D eigenvalue weighted by molar-refractivity contribution is -0.140. The highest BCUT2D eigenvalue weighted by Gasteiger charge is 2.22. The SMILES string of the molecule is COc1ccc(OC(C)C(=O)N(CCCC(=O)O)Cc2ccccc2)cc1. The van der Waals surface area contributed by atoms with E-state index in [-0.39, 0.29) is 12.3 Å². The topological polar surface area (TPSA) is 76.1 Å². The molecule has 6 nitrogen and oxygen atoms in total. The molecule has 1 amide bonds. The predicted octanol–water partition coefficient (Wildman–Crippen LogP) is 3.36. The van der Waals surface area contributed by atoms with Gasteiger partial charge in [0, 0.05) is 19.5 Å². The Morgan fingerprint density at radius 3 is 2.26 bits per heavy atom. The monoisotopic (exact) mass is 371 g/mol. The normalized spacial score (nSPS) is 11.5. The van der Waals surface area contributed by atoms with Crippen LogP contribution in [0.15, 0.2) is 54.6 Å².